The molecular weight excluding hydrogens is 162 g/mol. The minimum absolute atomic E-state index is 0.0924. The molecule has 0 atom stereocenters. The molecule has 0 aromatic rings. The molecule has 0 aliphatic heterocycles. The van der Waals surface area contributed by atoms with Crippen molar-refractivity contribution in [1.82, 2.24) is 0 Å². The Kier molecular flexibility index (Phi) is 4.74. The summed E-state index contributed by atoms with van der Waals surface area (Å²) in [5.41, 5.74) is 5.92. The van der Waals surface area contributed by atoms with Crippen molar-refractivity contribution in [2.45, 2.75) is 47.0 Å². The summed E-state index contributed by atoms with van der Waals surface area (Å²) in [7, 11) is 0. The van der Waals surface area contributed by atoms with Gasteiger partial charge in [0.25, 0.3) is 0 Å². The van der Waals surface area contributed by atoms with Crippen LogP contribution in [0.3, 0.4) is 0 Å². The van der Waals surface area contributed by atoms with Gasteiger partial charge in [0.1, 0.15) is 0 Å². The van der Waals surface area contributed by atoms with Crippen molar-refractivity contribution < 1.29 is 4.79 Å². The first kappa shape index (κ1) is 12.2. The summed E-state index contributed by atoms with van der Waals surface area (Å²) in [6.07, 6.45) is 5.46. The maximum absolute atomic E-state index is 10.8. The molecule has 0 aliphatic rings. The van der Waals surface area contributed by atoms with Crippen molar-refractivity contribution in [2.75, 3.05) is 0 Å². The van der Waals surface area contributed by atoms with Crippen LogP contribution >= 0.6 is 0 Å². The zero-order valence-electron chi connectivity index (χ0n) is 9.18. The Morgan fingerprint density at radius 3 is 2.38 bits per heavy atom. The Bertz CT molecular complexity index is 204. The Labute approximate surface area is 81.2 Å². The summed E-state index contributed by atoms with van der Waals surface area (Å²) >= 11 is 0. The van der Waals surface area contributed by atoms with E-state index in [0.29, 0.717) is 5.57 Å². The van der Waals surface area contributed by atoms with E-state index in [1.165, 1.54) is 12.8 Å². The van der Waals surface area contributed by atoms with E-state index < -0.39 is 0 Å². The average molecular weight is 183 g/mol. The molecule has 2 N–H and O–H groups in total. The van der Waals surface area contributed by atoms with E-state index in [-0.39, 0.29) is 11.3 Å². The molecule has 0 aromatic heterocycles. The van der Waals surface area contributed by atoms with Crippen molar-refractivity contribution in [3.8, 4) is 0 Å². The standard InChI is InChI=1S/C11H21NO/c1-5-6-7-11(3,4)8-9(2)10(12)13/h8H,5-7H2,1-4H3,(H2,12,13). The van der Waals surface area contributed by atoms with E-state index in [9.17, 15) is 4.79 Å². The molecule has 0 aromatic carbocycles. The van der Waals surface area contributed by atoms with Gasteiger partial charge in [-0.25, -0.2) is 0 Å². The molecule has 0 saturated heterocycles. The monoisotopic (exact) mass is 183 g/mol. The topological polar surface area (TPSA) is 43.1 Å². The van der Waals surface area contributed by atoms with Gasteiger partial charge in [0.05, 0.1) is 0 Å². The van der Waals surface area contributed by atoms with Gasteiger partial charge in [-0.15, -0.1) is 0 Å². The second kappa shape index (κ2) is 5.05. The zero-order chi connectivity index (χ0) is 10.5. The number of rotatable bonds is 5. The molecule has 76 valence electrons. The molecule has 0 unspecified atom stereocenters. The van der Waals surface area contributed by atoms with Crippen LogP contribution in [0.2, 0.25) is 0 Å². The quantitative estimate of drug-likeness (QED) is 0.654. The molecule has 13 heavy (non-hydrogen) atoms. The lowest BCUT2D eigenvalue weighted by Gasteiger charge is -2.20. The van der Waals surface area contributed by atoms with Crippen molar-refractivity contribution in [1.29, 1.82) is 0 Å². The second-order valence-corrected chi connectivity index (χ2v) is 4.28. The normalized spacial score (nSPS) is 13.1. The SMILES string of the molecule is CCCCC(C)(C)C=C(C)C(N)=O. The third-order valence-electron chi connectivity index (χ3n) is 2.17. The molecule has 1 amide bonds. The third kappa shape index (κ3) is 5.45. The molecule has 0 fully saturated rings. The number of allylic oxidation sites excluding steroid dienone is 1. The lowest BCUT2D eigenvalue weighted by molar-refractivity contribution is -0.114. The molecule has 0 bridgehead atoms. The molecule has 0 aliphatic carbocycles. The van der Waals surface area contributed by atoms with Crippen molar-refractivity contribution >= 4 is 5.91 Å². The molecule has 0 spiro atoms. The van der Waals surface area contributed by atoms with Crippen LogP contribution < -0.4 is 5.73 Å². The second-order valence-electron chi connectivity index (χ2n) is 4.28. The van der Waals surface area contributed by atoms with Gasteiger partial charge in [-0.2, -0.15) is 0 Å². The highest BCUT2D eigenvalue weighted by atomic mass is 16.1. The number of hydrogen-bond acceptors (Lipinski definition) is 1. The minimum atomic E-state index is -0.315. The number of hydrogen-bond donors (Lipinski definition) is 1. The summed E-state index contributed by atoms with van der Waals surface area (Å²) in [5.74, 6) is -0.315. The minimum Gasteiger partial charge on any atom is -0.366 e. The van der Waals surface area contributed by atoms with E-state index in [1.807, 2.05) is 6.08 Å². The Hall–Kier alpha value is -0.790. The summed E-state index contributed by atoms with van der Waals surface area (Å²) in [6.45, 7) is 8.21. The highest BCUT2D eigenvalue weighted by molar-refractivity contribution is 5.91. The van der Waals surface area contributed by atoms with Gasteiger partial charge in [0, 0.05) is 5.57 Å². The lowest BCUT2D eigenvalue weighted by atomic mass is 9.85. The summed E-state index contributed by atoms with van der Waals surface area (Å²) in [6, 6.07) is 0. The first-order chi connectivity index (χ1) is 5.89. The predicted molar refractivity (Wildman–Crippen MR) is 56.3 cm³/mol. The van der Waals surface area contributed by atoms with Gasteiger partial charge in [0.2, 0.25) is 5.91 Å². The van der Waals surface area contributed by atoms with E-state index >= 15 is 0 Å². The van der Waals surface area contributed by atoms with Crippen LogP contribution in [0.15, 0.2) is 11.6 Å². The van der Waals surface area contributed by atoms with Gasteiger partial charge >= 0.3 is 0 Å². The molecule has 0 rings (SSSR count). The Balaban J connectivity index is 4.29. The highest BCUT2D eigenvalue weighted by Crippen LogP contribution is 2.26. The number of carbonyl (C=O) groups excluding carboxylic acids is 1. The molecular formula is C11H21NO. The predicted octanol–water partition coefficient (Wildman–Crippen LogP) is 2.63. The highest BCUT2D eigenvalue weighted by Gasteiger charge is 2.15. The number of unbranched alkanes of at least 4 members (excludes halogenated alkanes) is 1. The van der Waals surface area contributed by atoms with Gasteiger partial charge in [0.15, 0.2) is 0 Å². The van der Waals surface area contributed by atoms with Crippen LogP contribution in [0.1, 0.15) is 47.0 Å². The zero-order valence-corrected chi connectivity index (χ0v) is 9.18. The maximum atomic E-state index is 10.8. The molecule has 0 saturated carbocycles. The fourth-order valence-corrected chi connectivity index (χ4v) is 1.36. The van der Waals surface area contributed by atoms with Crippen molar-refractivity contribution in [3.05, 3.63) is 11.6 Å². The smallest absolute Gasteiger partial charge is 0.244 e. The fraction of sp³-hybridized carbons (Fsp3) is 0.727. The lowest BCUT2D eigenvalue weighted by Crippen LogP contribution is -2.16. The molecule has 2 nitrogen and oxygen atoms in total. The van der Waals surface area contributed by atoms with Crippen LogP contribution in [-0.4, -0.2) is 5.91 Å². The maximum Gasteiger partial charge on any atom is 0.244 e. The first-order valence-corrected chi connectivity index (χ1v) is 4.88. The first-order valence-electron chi connectivity index (χ1n) is 4.88. The van der Waals surface area contributed by atoms with Crippen molar-refractivity contribution in [2.24, 2.45) is 11.1 Å². The van der Waals surface area contributed by atoms with E-state index in [1.54, 1.807) is 6.92 Å². The van der Waals surface area contributed by atoms with Crippen LogP contribution in [0, 0.1) is 5.41 Å². The van der Waals surface area contributed by atoms with Gasteiger partial charge in [-0.05, 0) is 18.8 Å². The third-order valence-corrected chi connectivity index (χ3v) is 2.17. The Morgan fingerprint density at radius 1 is 1.46 bits per heavy atom. The van der Waals surface area contributed by atoms with Gasteiger partial charge < -0.3 is 5.73 Å². The van der Waals surface area contributed by atoms with E-state index in [0.717, 1.165) is 6.42 Å². The van der Waals surface area contributed by atoms with Crippen LogP contribution in [-0.2, 0) is 4.79 Å². The summed E-state index contributed by atoms with van der Waals surface area (Å²) < 4.78 is 0. The van der Waals surface area contributed by atoms with Gasteiger partial charge in [-0.1, -0.05) is 39.7 Å². The molecule has 2 heteroatoms. The average Bonchev–Trinajstić information content (AvgIpc) is 2.00. The number of carbonyl (C=O) groups is 1. The number of nitrogens with two attached hydrogens (primary N) is 1. The largest absolute Gasteiger partial charge is 0.366 e. The van der Waals surface area contributed by atoms with E-state index in [2.05, 4.69) is 20.8 Å². The Morgan fingerprint density at radius 2 is 2.00 bits per heavy atom. The van der Waals surface area contributed by atoms with Gasteiger partial charge in [-0.3, -0.25) is 4.79 Å². The number of primary amides is 1. The molecule has 0 radical (unpaired) electrons. The number of amides is 1. The summed E-state index contributed by atoms with van der Waals surface area (Å²) in [4.78, 5) is 10.8. The fourth-order valence-electron chi connectivity index (χ4n) is 1.36. The van der Waals surface area contributed by atoms with Crippen molar-refractivity contribution in [3.63, 3.8) is 0 Å². The van der Waals surface area contributed by atoms with Crippen LogP contribution in [0.25, 0.3) is 0 Å². The molecule has 0 heterocycles. The van der Waals surface area contributed by atoms with Crippen LogP contribution in [0.5, 0.6) is 0 Å². The summed E-state index contributed by atoms with van der Waals surface area (Å²) in [5, 5.41) is 0. The van der Waals surface area contributed by atoms with E-state index in [4.69, 9.17) is 5.73 Å². The van der Waals surface area contributed by atoms with Crippen LogP contribution in [0.4, 0.5) is 0 Å².